The van der Waals surface area contributed by atoms with Crippen LogP contribution in [0, 0.1) is 0 Å². The fourth-order valence-corrected chi connectivity index (χ4v) is 0.301. The number of allylic oxidation sites excluding steroid dienone is 1. The third-order valence-corrected chi connectivity index (χ3v) is 0.755. The standard InChI is InChI=1S/C4H6N2/c1-2-4-3-5-6-4/h3H,2H2,1H3. The smallest absolute Gasteiger partial charge is 0.0828 e. The highest BCUT2D eigenvalue weighted by atomic mass is 15.2. The lowest BCUT2D eigenvalue weighted by molar-refractivity contribution is 0.919. The van der Waals surface area contributed by atoms with E-state index in [9.17, 15) is 0 Å². The Bertz CT molecular complexity index is 102. The van der Waals surface area contributed by atoms with Crippen molar-refractivity contribution in [3.8, 4) is 0 Å². The first-order chi connectivity index (χ1) is 2.93. The van der Waals surface area contributed by atoms with Crippen LogP contribution in [0.4, 0.5) is 0 Å². The molecule has 0 amide bonds. The van der Waals surface area contributed by atoms with E-state index in [2.05, 4.69) is 17.2 Å². The number of hydrogen-bond acceptors (Lipinski definition) is 2. The van der Waals surface area contributed by atoms with E-state index >= 15 is 0 Å². The van der Waals surface area contributed by atoms with Crippen LogP contribution in [-0.2, 0) is 0 Å². The molecule has 0 saturated carbocycles. The van der Waals surface area contributed by atoms with Crippen LogP contribution in [0.25, 0.3) is 0 Å². The van der Waals surface area contributed by atoms with E-state index in [1.165, 1.54) is 0 Å². The Balaban J connectivity index is 2.37. The lowest BCUT2D eigenvalue weighted by Crippen LogP contribution is -1.77. The van der Waals surface area contributed by atoms with Gasteiger partial charge >= 0.3 is 0 Å². The minimum atomic E-state index is 1.02. The minimum absolute atomic E-state index is 1.02. The molecular weight excluding hydrogens is 76.1 g/mol. The molecule has 0 aromatic rings. The number of azo groups is 1. The molecule has 0 saturated heterocycles. The molecule has 0 fully saturated rings. The van der Waals surface area contributed by atoms with Gasteiger partial charge in [-0.2, -0.15) is 10.2 Å². The van der Waals surface area contributed by atoms with Crippen LogP contribution in [-0.4, -0.2) is 0 Å². The molecule has 6 heavy (non-hydrogen) atoms. The van der Waals surface area contributed by atoms with Crippen molar-refractivity contribution >= 4 is 0 Å². The molecule has 0 atom stereocenters. The maximum absolute atomic E-state index is 3.67. The van der Waals surface area contributed by atoms with Gasteiger partial charge in [0, 0.05) is 0 Å². The summed E-state index contributed by atoms with van der Waals surface area (Å²) in [5, 5.41) is 7.21. The predicted octanol–water partition coefficient (Wildman–Crippen LogP) is 1.70. The highest BCUT2D eigenvalue weighted by Crippen LogP contribution is 2.10. The molecule has 1 aliphatic rings. The van der Waals surface area contributed by atoms with Crippen molar-refractivity contribution in [2.45, 2.75) is 13.3 Å². The maximum atomic E-state index is 3.67. The van der Waals surface area contributed by atoms with Crippen molar-refractivity contribution in [2.75, 3.05) is 0 Å². The fraction of sp³-hybridized carbons (Fsp3) is 0.500. The first-order valence-electron chi connectivity index (χ1n) is 2.03. The summed E-state index contributed by atoms with van der Waals surface area (Å²) >= 11 is 0. The zero-order valence-corrected chi connectivity index (χ0v) is 3.68. The van der Waals surface area contributed by atoms with Gasteiger partial charge in [0.15, 0.2) is 0 Å². The molecule has 1 rings (SSSR count). The molecule has 0 unspecified atom stereocenters. The van der Waals surface area contributed by atoms with Gasteiger partial charge < -0.3 is 0 Å². The second-order valence-corrected chi connectivity index (χ2v) is 1.19. The first-order valence-corrected chi connectivity index (χ1v) is 2.03. The van der Waals surface area contributed by atoms with Crippen LogP contribution < -0.4 is 0 Å². The summed E-state index contributed by atoms with van der Waals surface area (Å²) in [6.07, 6.45) is 2.80. The normalized spacial score (nSPS) is 16.5. The van der Waals surface area contributed by atoms with Gasteiger partial charge in [0.05, 0.1) is 11.9 Å². The van der Waals surface area contributed by atoms with E-state index < -0.39 is 0 Å². The number of nitrogens with zero attached hydrogens (tertiary/aromatic N) is 2. The van der Waals surface area contributed by atoms with Crippen molar-refractivity contribution < 1.29 is 0 Å². The molecule has 1 aliphatic heterocycles. The Hall–Kier alpha value is -0.660. The number of rotatable bonds is 1. The molecule has 32 valence electrons. The van der Waals surface area contributed by atoms with Crippen molar-refractivity contribution in [2.24, 2.45) is 10.2 Å². The van der Waals surface area contributed by atoms with Crippen LogP contribution in [0.3, 0.4) is 0 Å². The predicted molar refractivity (Wildman–Crippen MR) is 23.2 cm³/mol. The summed E-state index contributed by atoms with van der Waals surface area (Å²) in [6, 6.07) is 0. The van der Waals surface area contributed by atoms with Crippen LogP contribution >= 0.6 is 0 Å². The van der Waals surface area contributed by atoms with Crippen molar-refractivity contribution in [1.29, 1.82) is 0 Å². The van der Waals surface area contributed by atoms with Crippen LogP contribution in [0.5, 0.6) is 0 Å². The highest BCUT2D eigenvalue weighted by Gasteiger charge is 1.93. The van der Waals surface area contributed by atoms with Crippen molar-refractivity contribution in [1.82, 2.24) is 0 Å². The molecule has 0 aliphatic carbocycles. The molecule has 0 aromatic heterocycles. The van der Waals surface area contributed by atoms with E-state index in [0.29, 0.717) is 0 Å². The quantitative estimate of drug-likeness (QED) is 0.460. The van der Waals surface area contributed by atoms with Gasteiger partial charge in [0.25, 0.3) is 0 Å². The fourth-order valence-electron chi connectivity index (χ4n) is 0.301. The molecular formula is C4H6N2. The molecule has 0 spiro atoms. The van der Waals surface area contributed by atoms with Crippen LogP contribution in [0.2, 0.25) is 0 Å². The Morgan fingerprint density at radius 2 is 2.50 bits per heavy atom. The van der Waals surface area contributed by atoms with Gasteiger partial charge in [-0.1, -0.05) is 6.92 Å². The van der Waals surface area contributed by atoms with E-state index in [-0.39, 0.29) is 0 Å². The van der Waals surface area contributed by atoms with Crippen LogP contribution in [0.1, 0.15) is 13.3 Å². The lowest BCUT2D eigenvalue weighted by Gasteiger charge is -1.96. The topological polar surface area (TPSA) is 24.7 Å². The summed E-state index contributed by atoms with van der Waals surface area (Å²) in [6.45, 7) is 2.06. The molecule has 0 aromatic carbocycles. The first kappa shape index (κ1) is 3.53. The summed E-state index contributed by atoms with van der Waals surface area (Å²) in [5.41, 5.74) is 1.11. The van der Waals surface area contributed by atoms with Gasteiger partial charge in [0.1, 0.15) is 0 Å². The van der Waals surface area contributed by atoms with Gasteiger partial charge in [-0.05, 0) is 6.42 Å². The Morgan fingerprint density at radius 3 is 2.50 bits per heavy atom. The zero-order chi connectivity index (χ0) is 4.41. The Morgan fingerprint density at radius 1 is 1.83 bits per heavy atom. The number of hydrogen-bond donors (Lipinski definition) is 0. The average Bonchev–Trinajstić information content (AvgIpc) is 1.31. The zero-order valence-electron chi connectivity index (χ0n) is 3.68. The SMILES string of the molecule is CCC1=CN=N1. The summed E-state index contributed by atoms with van der Waals surface area (Å²) in [5.74, 6) is 0. The molecule has 0 N–H and O–H groups in total. The van der Waals surface area contributed by atoms with E-state index in [1.54, 1.807) is 6.20 Å². The van der Waals surface area contributed by atoms with E-state index in [0.717, 1.165) is 12.1 Å². The van der Waals surface area contributed by atoms with Crippen molar-refractivity contribution in [3.05, 3.63) is 11.9 Å². The third kappa shape index (κ3) is 0.339. The second kappa shape index (κ2) is 1.20. The molecule has 1 heterocycles. The van der Waals surface area contributed by atoms with Gasteiger partial charge in [0.2, 0.25) is 0 Å². The average molecular weight is 82.1 g/mol. The largest absolute Gasteiger partial charge is 0.157 e. The lowest BCUT2D eigenvalue weighted by atomic mass is 10.4. The molecule has 0 radical (unpaired) electrons. The summed E-state index contributed by atoms with van der Waals surface area (Å²) < 4.78 is 0. The maximum Gasteiger partial charge on any atom is 0.0828 e. The third-order valence-electron chi connectivity index (χ3n) is 0.755. The summed E-state index contributed by atoms with van der Waals surface area (Å²) in [4.78, 5) is 0. The summed E-state index contributed by atoms with van der Waals surface area (Å²) in [7, 11) is 0. The van der Waals surface area contributed by atoms with Crippen LogP contribution in [0.15, 0.2) is 22.1 Å². The Kier molecular flexibility index (Phi) is 0.708. The second-order valence-electron chi connectivity index (χ2n) is 1.19. The molecule has 2 nitrogen and oxygen atoms in total. The van der Waals surface area contributed by atoms with Crippen molar-refractivity contribution in [3.63, 3.8) is 0 Å². The van der Waals surface area contributed by atoms with Gasteiger partial charge in [-0.3, -0.25) is 0 Å². The van der Waals surface area contributed by atoms with E-state index in [4.69, 9.17) is 0 Å². The van der Waals surface area contributed by atoms with Gasteiger partial charge in [-0.15, -0.1) is 0 Å². The highest BCUT2D eigenvalue weighted by molar-refractivity contribution is 5.02. The minimum Gasteiger partial charge on any atom is -0.157 e. The molecule has 2 heteroatoms. The van der Waals surface area contributed by atoms with Gasteiger partial charge in [-0.25, -0.2) is 0 Å². The Labute approximate surface area is 36.6 Å². The molecule has 0 bridgehead atoms. The monoisotopic (exact) mass is 82.1 g/mol. The van der Waals surface area contributed by atoms with E-state index in [1.807, 2.05) is 0 Å².